The summed E-state index contributed by atoms with van der Waals surface area (Å²) in [5.74, 6) is 0.552. The van der Waals surface area contributed by atoms with Crippen LogP contribution in [-0.4, -0.2) is 18.5 Å². The van der Waals surface area contributed by atoms with Gasteiger partial charge in [0.1, 0.15) is 5.75 Å². The number of hydrogen-bond donors (Lipinski definition) is 3. The molecule has 3 N–H and O–H groups in total. The highest BCUT2D eigenvalue weighted by Crippen LogP contribution is 2.15. The van der Waals surface area contributed by atoms with Gasteiger partial charge in [-0.3, -0.25) is 4.79 Å². The highest BCUT2D eigenvalue weighted by Gasteiger charge is 2.03. The minimum atomic E-state index is -0.337. The minimum Gasteiger partial charge on any atom is -0.494 e. The number of rotatable bonds is 7. The van der Waals surface area contributed by atoms with Gasteiger partial charge in [-0.1, -0.05) is 30.3 Å². The number of anilines is 3. The number of amides is 3. The first-order valence-electron chi connectivity index (χ1n) is 9.57. The smallest absolute Gasteiger partial charge is 0.323 e. The maximum Gasteiger partial charge on any atom is 0.323 e. The molecule has 0 atom stereocenters. The Balaban J connectivity index is 1.49. The molecule has 0 aliphatic carbocycles. The Morgan fingerprint density at radius 3 is 1.93 bits per heavy atom. The number of benzene rings is 3. The van der Waals surface area contributed by atoms with Crippen LogP contribution in [0.3, 0.4) is 0 Å². The molecule has 30 heavy (non-hydrogen) atoms. The lowest BCUT2D eigenvalue weighted by Crippen LogP contribution is -2.19. The number of para-hydroxylation sites is 1. The Morgan fingerprint density at radius 1 is 0.767 bits per heavy atom. The molecule has 0 saturated heterocycles. The van der Waals surface area contributed by atoms with Crippen molar-refractivity contribution in [3.05, 3.63) is 90.5 Å². The third-order valence-electron chi connectivity index (χ3n) is 4.06. The molecule has 3 rings (SSSR count). The molecule has 0 heterocycles. The molecule has 0 radical (unpaired) electrons. The van der Waals surface area contributed by atoms with Crippen molar-refractivity contribution in [1.82, 2.24) is 0 Å². The predicted molar refractivity (Wildman–Crippen MR) is 121 cm³/mol. The number of ether oxygens (including phenoxy) is 1. The second kappa shape index (κ2) is 10.5. The number of carbonyl (C=O) groups is 2. The molecule has 0 bridgehead atoms. The van der Waals surface area contributed by atoms with Gasteiger partial charge in [0.25, 0.3) is 0 Å². The van der Waals surface area contributed by atoms with Crippen LogP contribution >= 0.6 is 0 Å². The van der Waals surface area contributed by atoms with Crippen molar-refractivity contribution in [2.45, 2.75) is 6.92 Å². The molecular weight excluding hydrogens is 378 g/mol. The molecule has 0 aliphatic heterocycles. The van der Waals surface area contributed by atoms with E-state index in [4.69, 9.17) is 4.74 Å². The maximum atomic E-state index is 12.1. The van der Waals surface area contributed by atoms with Crippen molar-refractivity contribution in [1.29, 1.82) is 0 Å². The molecular formula is C24H23N3O3. The van der Waals surface area contributed by atoms with Crippen molar-refractivity contribution < 1.29 is 14.3 Å². The summed E-state index contributed by atoms with van der Waals surface area (Å²) in [6, 6.07) is 23.2. The van der Waals surface area contributed by atoms with Gasteiger partial charge in [0.2, 0.25) is 5.91 Å². The Kier molecular flexibility index (Phi) is 7.22. The van der Waals surface area contributed by atoms with E-state index in [-0.39, 0.29) is 11.9 Å². The normalized spacial score (nSPS) is 10.4. The van der Waals surface area contributed by atoms with Gasteiger partial charge in [-0.15, -0.1) is 0 Å². The van der Waals surface area contributed by atoms with Gasteiger partial charge in [-0.2, -0.15) is 0 Å². The van der Waals surface area contributed by atoms with E-state index in [2.05, 4.69) is 16.0 Å². The number of hydrogen-bond acceptors (Lipinski definition) is 3. The van der Waals surface area contributed by atoms with Crippen molar-refractivity contribution in [2.75, 3.05) is 22.6 Å². The van der Waals surface area contributed by atoms with Crippen LogP contribution in [0.25, 0.3) is 6.08 Å². The van der Waals surface area contributed by atoms with Crippen LogP contribution in [0.2, 0.25) is 0 Å². The molecule has 0 unspecified atom stereocenters. The zero-order valence-corrected chi connectivity index (χ0v) is 16.6. The Bertz CT molecular complexity index is 998. The summed E-state index contributed by atoms with van der Waals surface area (Å²) < 4.78 is 5.40. The Labute approximate surface area is 175 Å². The van der Waals surface area contributed by atoms with E-state index in [1.54, 1.807) is 42.5 Å². The molecule has 0 spiro atoms. The fraction of sp³-hybridized carbons (Fsp3) is 0.0833. The fourth-order valence-electron chi connectivity index (χ4n) is 2.65. The highest BCUT2D eigenvalue weighted by atomic mass is 16.5. The zero-order chi connectivity index (χ0) is 21.2. The lowest BCUT2D eigenvalue weighted by Gasteiger charge is -2.08. The van der Waals surface area contributed by atoms with Crippen LogP contribution in [0.5, 0.6) is 5.75 Å². The maximum absolute atomic E-state index is 12.1. The first-order chi connectivity index (χ1) is 14.6. The molecule has 0 aliphatic rings. The van der Waals surface area contributed by atoms with Gasteiger partial charge in [0.05, 0.1) is 6.61 Å². The van der Waals surface area contributed by atoms with E-state index in [1.165, 1.54) is 6.08 Å². The van der Waals surface area contributed by atoms with Gasteiger partial charge in [-0.25, -0.2) is 4.79 Å². The van der Waals surface area contributed by atoms with Gasteiger partial charge < -0.3 is 20.7 Å². The molecule has 3 aromatic rings. The zero-order valence-electron chi connectivity index (χ0n) is 16.6. The SMILES string of the molecule is CCOc1ccc(C=CC(=O)Nc2ccc(NC(=O)Nc3ccccc3)cc2)cc1. The van der Waals surface area contributed by atoms with Crippen LogP contribution in [0.1, 0.15) is 12.5 Å². The van der Waals surface area contributed by atoms with E-state index < -0.39 is 0 Å². The predicted octanol–water partition coefficient (Wildman–Crippen LogP) is 5.38. The first-order valence-corrected chi connectivity index (χ1v) is 9.57. The van der Waals surface area contributed by atoms with E-state index >= 15 is 0 Å². The summed E-state index contributed by atoms with van der Waals surface area (Å²) in [6.07, 6.45) is 3.20. The number of urea groups is 1. The van der Waals surface area contributed by atoms with E-state index in [1.807, 2.05) is 49.4 Å². The molecule has 3 amide bonds. The van der Waals surface area contributed by atoms with Crippen LogP contribution in [-0.2, 0) is 4.79 Å². The second-order valence-electron chi connectivity index (χ2n) is 6.35. The van der Waals surface area contributed by atoms with E-state index in [9.17, 15) is 9.59 Å². The third-order valence-corrected chi connectivity index (χ3v) is 4.06. The summed E-state index contributed by atoms with van der Waals surface area (Å²) in [7, 11) is 0. The van der Waals surface area contributed by atoms with Crippen molar-refractivity contribution >= 4 is 35.1 Å². The molecule has 6 heteroatoms. The van der Waals surface area contributed by atoms with Gasteiger partial charge in [-0.05, 0) is 67.1 Å². The number of nitrogens with one attached hydrogen (secondary N) is 3. The standard InChI is InChI=1S/C24H23N3O3/c1-2-30-22-15-8-18(9-16-22)10-17-23(28)25-20-11-13-21(14-12-20)27-24(29)26-19-6-4-3-5-7-19/h3-17H,2H2,1H3,(H,25,28)(H2,26,27,29). The molecule has 0 fully saturated rings. The largest absolute Gasteiger partial charge is 0.494 e. The van der Waals surface area contributed by atoms with Gasteiger partial charge in [0.15, 0.2) is 0 Å². The average molecular weight is 401 g/mol. The summed E-state index contributed by atoms with van der Waals surface area (Å²) in [5.41, 5.74) is 2.85. The monoisotopic (exact) mass is 401 g/mol. The molecule has 0 saturated carbocycles. The lowest BCUT2D eigenvalue weighted by atomic mass is 10.2. The highest BCUT2D eigenvalue weighted by molar-refractivity contribution is 6.02. The van der Waals surface area contributed by atoms with Crippen LogP contribution in [0, 0.1) is 0 Å². The average Bonchev–Trinajstić information content (AvgIpc) is 2.75. The lowest BCUT2D eigenvalue weighted by molar-refractivity contribution is -0.111. The van der Waals surface area contributed by atoms with Gasteiger partial charge >= 0.3 is 6.03 Å². The van der Waals surface area contributed by atoms with E-state index in [0.29, 0.717) is 23.7 Å². The summed E-state index contributed by atoms with van der Waals surface area (Å²) in [4.78, 5) is 24.1. The van der Waals surface area contributed by atoms with E-state index in [0.717, 1.165) is 11.3 Å². The Hall–Kier alpha value is -4.06. The quantitative estimate of drug-likeness (QED) is 0.465. The summed E-state index contributed by atoms with van der Waals surface area (Å²) >= 11 is 0. The van der Waals surface area contributed by atoms with Gasteiger partial charge in [0, 0.05) is 23.1 Å². The Morgan fingerprint density at radius 2 is 1.33 bits per heavy atom. The van der Waals surface area contributed by atoms with Crippen LogP contribution in [0.15, 0.2) is 84.9 Å². The molecule has 6 nitrogen and oxygen atoms in total. The number of carbonyl (C=O) groups excluding carboxylic acids is 2. The molecule has 3 aromatic carbocycles. The third kappa shape index (κ3) is 6.53. The molecule has 152 valence electrons. The van der Waals surface area contributed by atoms with Crippen LogP contribution < -0.4 is 20.7 Å². The van der Waals surface area contributed by atoms with Crippen molar-refractivity contribution in [2.24, 2.45) is 0 Å². The second-order valence-corrected chi connectivity index (χ2v) is 6.35. The van der Waals surface area contributed by atoms with Crippen molar-refractivity contribution in [3.63, 3.8) is 0 Å². The van der Waals surface area contributed by atoms with Crippen molar-refractivity contribution in [3.8, 4) is 5.75 Å². The fourth-order valence-corrected chi connectivity index (χ4v) is 2.65. The first kappa shape index (κ1) is 20.7. The summed E-state index contributed by atoms with van der Waals surface area (Å²) in [6.45, 7) is 2.55. The molecule has 0 aromatic heterocycles. The topological polar surface area (TPSA) is 79.5 Å². The van der Waals surface area contributed by atoms with Crippen LogP contribution in [0.4, 0.5) is 21.9 Å². The minimum absolute atomic E-state index is 0.244. The summed E-state index contributed by atoms with van der Waals surface area (Å²) in [5, 5.41) is 8.27.